The minimum Gasteiger partial charge on any atom is -0.378 e. The van der Waals surface area contributed by atoms with Crippen molar-refractivity contribution in [3.8, 4) is 6.07 Å². The van der Waals surface area contributed by atoms with Gasteiger partial charge in [0, 0.05) is 18.7 Å². The van der Waals surface area contributed by atoms with Crippen LogP contribution in [0.1, 0.15) is 32.0 Å². The normalized spacial score (nSPS) is 16.2. The highest BCUT2D eigenvalue weighted by atomic mass is 16.5. The molecule has 0 spiro atoms. The third kappa shape index (κ3) is 2.36. The molecule has 0 bridgehead atoms. The number of ether oxygens (including phenoxy) is 1. The summed E-state index contributed by atoms with van der Waals surface area (Å²) in [6.45, 7) is 9.62. The van der Waals surface area contributed by atoms with E-state index in [9.17, 15) is 5.26 Å². The smallest absolute Gasteiger partial charge is 0.146 e. The quantitative estimate of drug-likeness (QED) is 0.806. The van der Waals surface area contributed by atoms with Gasteiger partial charge in [-0.15, -0.1) is 0 Å². The van der Waals surface area contributed by atoms with Gasteiger partial charge in [-0.25, -0.2) is 4.98 Å². The number of rotatable bonds is 1. The number of imidazole rings is 1. The van der Waals surface area contributed by atoms with Crippen molar-refractivity contribution in [2.45, 2.75) is 26.2 Å². The van der Waals surface area contributed by atoms with Gasteiger partial charge in [0.2, 0.25) is 0 Å². The molecule has 3 rings (SSSR count). The van der Waals surface area contributed by atoms with E-state index in [4.69, 9.17) is 4.74 Å². The van der Waals surface area contributed by atoms with Crippen LogP contribution in [0.3, 0.4) is 0 Å². The van der Waals surface area contributed by atoms with Crippen LogP contribution >= 0.6 is 0 Å². The van der Waals surface area contributed by atoms with Crippen LogP contribution in [0.4, 0.5) is 5.82 Å². The van der Waals surface area contributed by atoms with Crippen molar-refractivity contribution in [2.24, 2.45) is 0 Å². The van der Waals surface area contributed by atoms with Gasteiger partial charge in [0.25, 0.3) is 0 Å². The summed E-state index contributed by atoms with van der Waals surface area (Å²) in [6, 6.07) is 6.48. The highest BCUT2D eigenvalue weighted by Gasteiger charge is 2.23. The molecule has 1 aliphatic rings. The van der Waals surface area contributed by atoms with Crippen molar-refractivity contribution < 1.29 is 4.74 Å². The second kappa shape index (κ2) is 5.05. The molecule has 21 heavy (non-hydrogen) atoms. The average molecular weight is 284 g/mol. The predicted octanol–water partition coefficient (Wildman–Crippen LogP) is 2.34. The van der Waals surface area contributed by atoms with E-state index < -0.39 is 0 Å². The minimum atomic E-state index is -0.0110. The first-order valence-electron chi connectivity index (χ1n) is 7.26. The zero-order valence-corrected chi connectivity index (χ0v) is 12.8. The van der Waals surface area contributed by atoms with Gasteiger partial charge in [-0.3, -0.25) is 4.40 Å². The summed E-state index contributed by atoms with van der Waals surface area (Å²) in [5.41, 5.74) is 2.60. The Labute approximate surface area is 124 Å². The maximum atomic E-state index is 9.39. The Morgan fingerprint density at radius 2 is 1.95 bits per heavy atom. The number of morpholine rings is 1. The van der Waals surface area contributed by atoms with Crippen molar-refractivity contribution >= 4 is 11.5 Å². The summed E-state index contributed by atoms with van der Waals surface area (Å²) in [7, 11) is 0. The van der Waals surface area contributed by atoms with Crippen molar-refractivity contribution in [1.29, 1.82) is 5.26 Å². The first kappa shape index (κ1) is 13.9. The molecule has 0 N–H and O–H groups in total. The number of anilines is 1. The molecule has 0 aromatic carbocycles. The van der Waals surface area contributed by atoms with Crippen LogP contribution in [0, 0.1) is 11.3 Å². The maximum Gasteiger partial charge on any atom is 0.146 e. The van der Waals surface area contributed by atoms with Crippen LogP contribution in [-0.4, -0.2) is 35.7 Å². The molecule has 110 valence electrons. The van der Waals surface area contributed by atoms with Gasteiger partial charge in [-0.1, -0.05) is 26.8 Å². The Morgan fingerprint density at radius 1 is 1.24 bits per heavy atom. The van der Waals surface area contributed by atoms with E-state index in [1.54, 1.807) is 6.20 Å². The van der Waals surface area contributed by atoms with Crippen LogP contribution in [0.5, 0.6) is 0 Å². The van der Waals surface area contributed by atoms with Crippen molar-refractivity contribution in [1.82, 2.24) is 9.38 Å². The fraction of sp³-hybridized carbons (Fsp3) is 0.500. The Morgan fingerprint density at radius 3 is 2.57 bits per heavy atom. The minimum absolute atomic E-state index is 0.0110. The number of aromatic nitrogens is 2. The van der Waals surface area contributed by atoms with E-state index in [0.29, 0.717) is 5.69 Å². The molecule has 0 unspecified atom stereocenters. The van der Waals surface area contributed by atoms with Crippen LogP contribution < -0.4 is 4.90 Å². The van der Waals surface area contributed by atoms with E-state index in [1.807, 2.05) is 4.40 Å². The van der Waals surface area contributed by atoms with Gasteiger partial charge < -0.3 is 9.64 Å². The number of hydrogen-bond donors (Lipinski definition) is 0. The van der Waals surface area contributed by atoms with E-state index in [2.05, 4.69) is 48.9 Å². The molecule has 5 heteroatoms. The molecular weight excluding hydrogens is 264 g/mol. The second-order valence-electron chi connectivity index (χ2n) is 6.37. The third-order valence-electron chi connectivity index (χ3n) is 3.89. The zero-order valence-electron chi connectivity index (χ0n) is 12.8. The molecule has 0 aliphatic carbocycles. The standard InChI is InChI=1S/C16H20N4O/c1-16(2,3)13-4-5-14(19-6-8-21-9-7-19)20-12(10-17)11-18-15(13)20/h4-5,11H,6-9H2,1-3H3. The fourth-order valence-corrected chi connectivity index (χ4v) is 2.78. The van der Waals surface area contributed by atoms with Crippen molar-refractivity contribution in [3.05, 3.63) is 29.6 Å². The van der Waals surface area contributed by atoms with Crippen molar-refractivity contribution in [2.75, 3.05) is 31.2 Å². The Balaban J connectivity index is 2.22. The second-order valence-corrected chi connectivity index (χ2v) is 6.37. The molecule has 0 amide bonds. The summed E-state index contributed by atoms with van der Waals surface area (Å²) < 4.78 is 7.40. The lowest BCUT2D eigenvalue weighted by atomic mass is 9.87. The fourth-order valence-electron chi connectivity index (χ4n) is 2.78. The molecule has 0 atom stereocenters. The summed E-state index contributed by atoms with van der Waals surface area (Å²) in [5.74, 6) is 1.02. The van der Waals surface area contributed by atoms with Gasteiger partial charge in [0.15, 0.2) is 0 Å². The Kier molecular flexibility index (Phi) is 3.34. The lowest BCUT2D eigenvalue weighted by Crippen LogP contribution is -2.37. The van der Waals surface area contributed by atoms with E-state index in [1.165, 1.54) is 0 Å². The van der Waals surface area contributed by atoms with E-state index in [-0.39, 0.29) is 5.41 Å². The highest BCUT2D eigenvalue weighted by molar-refractivity contribution is 5.61. The maximum absolute atomic E-state index is 9.39. The molecule has 3 heterocycles. The monoisotopic (exact) mass is 284 g/mol. The Bertz CT molecular complexity index is 699. The van der Waals surface area contributed by atoms with E-state index in [0.717, 1.165) is 43.3 Å². The van der Waals surface area contributed by atoms with Crippen LogP contribution in [0.2, 0.25) is 0 Å². The number of pyridine rings is 1. The topological polar surface area (TPSA) is 53.6 Å². The molecule has 1 saturated heterocycles. The number of nitrogens with zero attached hydrogens (tertiary/aromatic N) is 4. The van der Waals surface area contributed by atoms with Gasteiger partial charge in [0.1, 0.15) is 23.2 Å². The number of hydrogen-bond acceptors (Lipinski definition) is 4. The molecule has 0 saturated carbocycles. The summed E-state index contributed by atoms with van der Waals surface area (Å²) in [6.07, 6.45) is 1.66. The van der Waals surface area contributed by atoms with Crippen LogP contribution in [0.15, 0.2) is 18.3 Å². The van der Waals surface area contributed by atoms with Crippen molar-refractivity contribution in [3.63, 3.8) is 0 Å². The van der Waals surface area contributed by atoms with Crippen LogP contribution in [-0.2, 0) is 10.2 Å². The summed E-state index contributed by atoms with van der Waals surface area (Å²) >= 11 is 0. The molecule has 2 aromatic heterocycles. The number of nitriles is 1. The molecule has 5 nitrogen and oxygen atoms in total. The SMILES string of the molecule is CC(C)(C)c1ccc(N2CCOCC2)n2c(C#N)cnc12. The third-order valence-corrected chi connectivity index (χ3v) is 3.89. The lowest BCUT2D eigenvalue weighted by Gasteiger charge is -2.30. The first-order valence-corrected chi connectivity index (χ1v) is 7.26. The molecule has 2 aromatic rings. The molecular formula is C16H20N4O. The molecule has 0 radical (unpaired) electrons. The lowest BCUT2D eigenvalue weighted by molar-refractivity contribution is 0.122. The van der Waals surface area contributed by atoms with E-state index >= 15 is 0 Å². The number of fused-ring (bicyclic) bond motifs is 1. The summed E-state index contributed by atoms with van der Waals surface area (Å²) in [4.78, 5) is 6.75. The predicted molar refractivity (Wildman–Crippen MR) is 81.6 cm³/mol. The Hall–Kier alpha value is -2.06. The molecule has 1 aliphatic heterocycles. The average Bonchev–Trinajstić information content (AvgIpc) is 2.90. The molecule has 1 fully saturated rings. The highest BCUT2D eigenvalue weighted by Crippen LogP contribution is 2.30. The van der Waals surface area contributed by atoms with Gasteiger partial charge in [-0.05, 0) is 11.5 Å². The zero-order chi connectivity index (χ0) is 15.0. The van der Waals surface area contributed by atoms with Crippen LogP contribution in [0.25, 0.3) is 5.65 Å². The largest absolute Gasteiger partial charge is 0.378 e. The summed E-state index contributed by atoms with van der Waals surface area (Å²) in [5, 5.41) is 9.39. The first-order chi connectivity index (χ1) is 10.0. The van der Waals surface area contributed by atoms with Gasteiger partial charge >= 0.3 is 0 Å². The van der Waals surface area contributed by atoms with Gasteiger partial charge in [0.05, 0.1) is 19.4 Å². The van der Waals surface area contributed by atoms with Gasteiger partial charge in [-0.2, -0.15) is 5.26 Å².